The third kappa shape index (κ3) is 1.42. The first kappa shape index (κ1) is 9.55. The zero-order chi connectivity index (χ0) is 11.0. The third-order valence-corrected chi connectivity index (χ3v) is 3.28. The van der Waals surface area contributed by atoms with E-state index < -0.39 is 5.60 Å². The van der Waals surface area contributed by atoms with Gasteiger partial charge < -0.3 is 5.11 Å². The third-order valence-electron chi connectivity index (χ3n) is 3.28. The van der Waals surface area contributed by atoms with Crippen molar-refractivity contribution in [1.29, 1.82) is 0 Å². The number of benzene rings is 1. The fourth-order valence-electron chi connectivity index (χ4n) is 2.44. The van der Waals surface area contributed by atoms with Gasteiger partial charge in [-0.3, -0.25) is 4.98 Å². The monoisotopic (exact) mass is 211 g/mol. The zero-order valence-corrected chi connectivity index (χ0v) is 8.93. The summed E-state index contributed by atoms with van der Waals surface area (Å²) < 4.78 is 0. The number of hydrogen-bond acceptors (Lipinski definition) is 2. The molecule has 1 aromatic carbocycles. The fraction of sp³-hybridized carbons (Fsp3) is 0.214. The molecule has 0 amide bonds. The van der Waals surface area contributed by atoms with E-state index >= 15 is 0 Å². The van der Waals surface area contributed by atoms with Crippen LogP contribution in [0.4, 0.5) is 0 Å². The van der Waals surface area contributed by atoms with Crippen molar-refractivity contribution in [2.75, 3.05) is 0 Å². The van der Waals surface area contributed by atoms with Gasteiger partial charge in [0.2, 0.25) is 0 Å². The first-order chi connectivity index (χ1) is 7.78. The molecule has 0 radical (unpaired) electrons. The first-order valence-electron chi connectivity index (χ1n) is 5.48. The first-order valence-corrected chi connectivity index (χ1v) is 5.48. The average Bonchev–Trinajstić information content (AvgIpc) is 2.68. The minimum atomic E-state index is -0.766. The Morgan fingerprint density at radius 2 is 1.69 bits per heavy atom. The number of aromatic nitrogens is 1. The van der Waals surface area contributed by atoms with Crippen molar-refractivity contribution in [2.24, 2.45) is 0 Å². The van der Waals surface area contributed by atoms with E-state index in [2.05, 4.69) is 17.1 Å². The SMILES string of the molecule is OC1(c2cccnc2)Cc2ccccc2C1. The molecule has 16 heavy (non-hydrogen) atoms. The smallest absolute Gasteiger partial charge is 0.0991 e. The summed E-state index contributed by atoms with van der Waals surface area (Å²) in [6.07, 6.45) is 4.87. The van der Waals surface area contributed by atoms with E-state index in [4.69, 9.17) is 0 Å². The second-order valence-corrected chi connectivity index (χ2v) is 4.40. The van der Waals surface area contributed by atoms with E-state index in [-0.39, 0.29) is 0 Å². The largest absolute Gasteiger partial charge is 0.384 e. The van der Waals surface area contributed by atoms with Gasteiger partial charge in [0.25, 0.3) is 0 Å². The molecule has 1 heterocycles. The molecule has 80 valence electrons. The van der Waals surface area contributed by atoms with Gasteiger partial charge in [-0.05, 0) is 17.2 Å². The summed E-state index contributed by atoms with van der Waals surface area (Å²) in [5.41, 5.74) is 2.63. The maximum atomic E-state index is 10.6. The lowest BCUT2D eigenvalue weighted by Crippen LogP contribution is -2.26. The Hall–Kier alpha value is -1.67. The molecule has 0 atom stereocenters. The molecule has 3 rings (SSSR count). The van der Waals surface area contributed by atoms with E-state index in [9.17, 15) is 5.11 Å². The van der Waals surface area contributed by atoms with Gasteiger partial charge in [0, 0.05) is 30.8 Å². The van der Waals surface area contributed by atoms with E-state index in [1.165, 1.54) is 11.1 Å². The summed E-state index contributed by atoms with van der Waals surface area (Å²) in [4.78, 5) is 4.08. The lowest BCUT2D eigenvalue weighted by molar-refractivity contribution is 0.0479. The highest BCUT2D eigenvalue weighted by Crippen LogP contribution is 2.36. The van der Waals surface area contributed by atoms with Crippen LogP contribution in [0.5, 0.6) is 0 Å². The minimum Gasteiger partial charge on any atom is -0.384 e. The summed E-state index contributed by atoms with van der Waals surface area (Å²) in [7, 11) is 0. The summed E-state index contributed by atoms with van der Waals surface area (Å²) in [5.74, 6) is 0. The van der Waals surface area contributed by atoms with E-state index in [1.54, 1.807) is 12.4 Å². The molecule has 0 bridgehead atoms. The van der Waals surface area contributed by atoms with E-state index in [0.29, 0.717) is 12.8 Å². The number of aliphatic hydroxyl groups is 1. The molecule has 0 saturated carbocycles. The van der Waals surface area contributed by atoms with Crippen molar-refractivity contribution < 1.29 is 5.11 Å². The van der Waals surface area contributed by atoms with Gasteiger partial charge in [0.15, 0.2) is 0 Å². The van der Waals surface area contributed by atoms with Crippen LogP contribution in [0.2, 0.25) is 0 Å². The van der Waals surface area contributed by atoms with Crippen molar-refractivity contribution >= 4 is 0 Å². The molecule has 1 aromatic heterocycles. The number of rotatable bonds is 1. The molecule has 0 spiro atoms. The highest BCUT2D eigenvalue weighted by Gasteiger charge is 2.36. The van der Waals surface area contributed by atoms with Crippen LogP contribution in [0.15, 0.2) is 48.8 Å². The van der Waals surface area contributed by atoms with Crippen LogP contribution < -0.4 is 0 Å². The zero-order valence-electron chi connectivity index (χ0n) is 8.93. The molecule has 2 heteroatoms. The highest BCUT2D eigenvalue weighted by atomic mass is 16.3. The van der Waals surface area contributed by atoms with Crippen molar-refractivity contribution in [3.8, 4) is 0 Å². The maximum absolute atomic E-state index is 10.6. The molecule has 2 aromatic rings. The van der Waals surface area contributed by atoms with Crippen LogP contribution in [-0.4, -0.2) is 10.1 Å². The molecular weight excluding hydrogens is 198 g/mol. The van der Waals surface area contributed by atoms with Gasteiger partial charge in [0.1, 0.15) is 0 Å². The number of nitrogens with zero attached hydrogens (tertiary/aromatic N) is 1. The van der Waals surface area contributed by atoms with E-state index in [1.807, 2.05) is 24.3 Å². The summed E-state index contributed by atoms with van der Waals surface area (Å²) in [5, 5.41) is 10.6. The topological polar surface area (TPSA) is 33.1 Å². The lowest BCUT2D eigenvalue weighted by atomic mass is 9.92. The van der Waals surface area contributed by atoms with Crippen molar-refractivity contribution in [3.05, 3.63) is 65.5 Å². The summed E-state index contributed by atoms with van der Waals surface area (Å²) in [6.45, 7) is 0. The Bertz CT molecular complexity index is 482. The van der Waals surface area contributed by atoms with Crippen LogP contribution in [0.1, 0.15) is 16.7 Å². The van der Waals surface area contributed by atoms with Gasteiger partial charge in [-0.25, -0.2) is 0 Å². The van der Waals surface area contributed by atoms with Crippen LogP contribution in [0, 0.1) is 0 Å². The second kappa shape index (κ2) is 3.42. The molecule has 0 aliphatic heterocycles. The molecule has 0 saturated heterocycles. The Labute approximate surface area is 94.6 Å². The molecule has 0 unspecified atom stereocenters. The van der Waals surface area contributed by atoms with Gasteiger partial charge in [-0.15, -0.1) is 0 Å². The highest BCUT2D eigenvalue weighted by molar-refractivity contribution is 5.39. The summed E-state index contributed by atoms with van der Waals surface area (Å²) in [6, 6.07) is 12.0. The molecule has 0 fully saturated rings. The Morgan fingerprint density at radius 1 is 1.00 bits per heavy atom. The van der Waals surface area contributed by atoms with Crippen LogP contribution in [0.25, 0.3) is 0 Å². The van der Waals surface area contributed by atoms with Gasteiger partial charge in [-0.2, -0.15) is 0 Å². The molecule has 1 aliphatic carbocycles. The Balaban J connectivity index is 2.01. The Kier molecular flexibility index (Phi) is 2.04. The minimum absolute atomic E-state index is 0.689. The average molecular weight is 211 g/mol. The van der Waals surface area contributed by atoms with Crippen LogP contribution in [-0.2, 0) is 18.4 Å². The van der Waals surface area contributed by atoms with Crippen LogP contribution >= 0.6 is 0 Å². The van der Waals surface area contributed by atoms with Gasteiger partial charge in [-0.1, -0.05) is 30.3 Å². The van der Waals surface area contributed by atoms with Gasteiger partial charge >= 0.3 is 0 Å². The molecule has 1 aliphatic rings. The normalized spacial score (nSPS) is 17.1. The molecule has 1 N–H and O–H groups in total. The van der Waals surface area contributed by atoms with Crippen molar-refractivity contribution in [1.82, 2.24) is 4.98 Å². The van der Waals surface area contributed by atoms with Crippen molar-refractivity contribution in [2.45, 2.75) is 18.4 Å². The van der Waals surface area contributed by atoms with Crippen molar-refractivity contribution in [3.63, 3.8) is 0 Å². The number of hydrogen-bond donors (Lipinski definition) is 1. The quantitative estimate of drug-likeness (QED) is 0.783. The number of pyridine rings is 1. The van der Waals surface area contributed by atoms with E-state index in [0.717, 1.165) is 5.56 Å². The molecule has 2 nitrogen and oxygen atoms in total. The molecular formula is C14H13NO. The van der Waals surface area contributed by atoms with Gasteiger partial charge in [0.05, 0.1) is 5.60 Å². The fourth-order valence-corrected chi connectivity index (χ4v) is 2.44. The maximum Gasteiger partial charge on any atom is 0.0991 e. The number of fused-ring (bicyclic) bond motifs is 1. The predicted octanol–water partition coefficient (Wildman–Crippen LogP) is 2.07. The summed E-state index contributed by atoms with van der Waals surface area (Å²) >= 11 is 0. The predicted molar refractivity (Wildman–Crippen MR) is 62.0 cm³/mol. The second-order valence-electron chi connectivity index (χ2n) is 4.40. The standard InChI is InChI=1S/C14H13NO/c16-14(13-6-3-7-15-10-13)8-11-4-1-2-5-12(11)9-14/h1-7,10,16H,8-9H2. The van der Waals surface area contributed by atoms with Crippen LogP contribution in [0.3, 0.4) is 0 Å². The lowest BCUT2D eigenvalue weighted by Gasteiger charge is -2.22. The Morgan fingerprint density at radius 3 is 2.25 bits per heavy atom.